The fraction of sp³-hybridized carbons (Fsp3) is 0.500. The summed E-state index contributed by atoms with van der Waals surface area (Å²) < 4.78 is 1.70. The van der Waals surface area contributed by atoms with Crippen molar-refractivity contribution in [2.45, 2.75) is 45.2 Å². The van der Waals surface area contributed by atoms with Crippen LogP contribution < -0.4 is 15.5 Å². The van der Waals surface area contributed by atoms with Crippen molar-refractivity contribution in [1.29, 1.82) is 0 Å². The van der Waals surface area contributed by atoms with Gasteiger partial charge in [0.25, 0.3) is 0 Å². The first-order valence-corrected chi connectivity index (χ1v) is 8.95. The van der Waals surface area contributed by atoms with Crippen LogP contribution in [0, 0.1) is 0 Å². The summed E-state index contributed by atoms with van der Waals surface area (Å²) in [4.78, 5) is 18.5. The lowest BCUT2D eigenvalue weighted by Crippen LogP contribution is -2.38. The highest BCUT2D eigenvalue weighted by atomic mass is 16.2. The average Bonchev–Trinajstić information content (AvgIpc) is 2.94. The van der Waals surface area contributed by atoms with Gasteiger partial charge in [0.2, 0.25) is 0 Å². The predicted octanol–water partition coefficient (Wildman–Crippen LogP) is 2.87. The highest BCUT2D eigenvalue weighted by Crippen LogP contribution is 2.22. The van der Waals surface area contributed by atoms with Gasteiger partial charge in [-0.2, -0.15) is 5.10 Å². The summed E-state index contributed by atoms with van der Waals surface area (Å²) in [6.45, 7) is 4.70. The summed E-state index contributed by atoms with van der Waals surface area (Å²) >= 11 is 0. The third-order valence-electron chi connectivity index (χ3n) is 4.38. The molecule has 134 valence electrons. The van der Waals surface area contributed by atoms with Gasteiger partial charge in [-0.25, -0.2) is 9.78 Å². The molecule has 0 spiro atoms. The standard InChI is InChI=1S/C18H26N6O/c1-15(12-24-14-19-13-20-24)21-18(25)22-16-7-6-8-17(11-16)23-9-4-2-3-5-10-23/h6-8,11,13-15H,2-5,9-10,12H2,1H3,(H2,21,22,25)/t15-/m1/s1. The van der Waals surface area contributed by atoms with Gasteiger partial charge in [-0.3, -0.25) is 4.68 Å². The molecule has 2 heterocycles. The number of aromatic nitrogens is 3. The van der Waals surface area contributed by atoms with Gasteiger partial charge in [-0.1, -0.05) is 18.9 Å². The van der Waals surface area contributed by atoms with Crippen LogP contribution in [0.1, 0.15) is 32.6 Å². The number of carbonyl (C=O) groups is 1. The highest BCUT2D eigenvalue weighted by Gasteiger charge is 2.12. The van der Waals surface area contributed by atoms with E-state index in [-0.39, 0.29) is 12.1 Å². The van der Waals surface area contributed by atoms with Crippen molar-refractivity contribution in [3.63, 3.8) is 0 Å². The molecule has 2 N–H and O–H groups in total. The second kappa shape index (κ2) is 8.50. The Kier molecular flexibility index (Phi) is 5.87. The van der Waals surface area contributed by atoms with Crippen LogP contribution in [0.3, 0.4) is 0 Å². The number of anilines is 2. The second-order valence-electron chi connectivity index (χ2n) is 6.57. The minimum Gasteiger partial charge on any atom is -0.371 e. The van der Waals surface area contributed by atoms with E-state index in [1.54, 1.807) is 11.0 Å². The fourth-order valence-electron chi connectivity index (χ4n) is 3.15. The second-order valence-corrected chi connectivity index (χ2v) is 6.57. The first-order valence-electron chi connectivity index (χ1n) is 8.95. The van der Waals surface area contributed by atoms with Gasteiger partial charge >= 0.3 is 6.03 Å². The summed E-state index contributed by atoms with van der Waals surface area (Å²) in [6, 6.07) is 7.82. The largest absolute Gasteiger partial charge is 0.371 e. The molecule has 3 rings (SSSR count). The maximum atomic E-state index is 12.2. The van der Waals surface area contributed by atoms with Crippen LogP contribution in [-0.2, 0) is 6.54 Å². The minimum absolute atomic E-state index is 0.0458. The number of nitrogens with one attached hydrogen (secondary N) is 2. The molecule has 1 aromatic heterocycles. The van der Waals surface area contributed by atoms with Gasteiger partial charge in [0.15, 0.2) is 0 Å². The molecule has 0 bridgehead atoms. The van der Waals surface area contributed by atoms with Crippen molar-refractivity contribution in [2.24, 2.45) is 0 Å². The monoisotopic (exact) mass is 342 g/mol. The van der Waals surface area contributed by atoms with Crippen molar-refractivity contribution >= 4 is 17.4 Å². The first kappa shape index (κ1) is 17.3. The number of urea groups is 1. The van der Waals surface area contributed by atoms with E-state index in [1.807, 2.05) is 25.1 Å². The molecule has 0 radical (unpaired) electrons. The summed E-state index contributed by atoms with van der Waals surface area (Å²) in [6.07, 6.45) is 8.21. The van der Waals surface area contributed by atoms with Crippen LogP contribution in [0.5, 0.6) is 0 Å². The lowest BCUT2D eigenvalue weighted by Gasteiger charge is -2.23. The molecular weight excluding hydrogens is 316 g/mol. The van der Waals surface area contributed by atoms with Gasteiger partial charge in [-0.05, 0) is 38.0 Å². The molecule has 2 amide bonds. The lowest BCUT2D eigenvalue weighted by atomic mass is 10.2. The van der Waals surface area contributed by atoms with Crippen molar-refractivity contribution in [1.82, 2.24) is 20.1 Å². The molecular formula is C18H26N6O. The van der Waals surface area contributed by atoms with Crippen molar-refractivity contribution in [3.8, 4) is 0 Å². The van der Waals surface area contributed by atoms with E-state index in [2.05, 4.69) is 31.7 Å². The Morgan fingerprint density at radius 2 is 2.04 bits per heavy atom. The molecule has 1 fully saturated rings. The van der Waals surface area contributed by atoms with Crippen LogP contribution in [0.25, 0.3) is 0 Å². The predicted molar refractivity (Wildman–Crippen MR) is 98.8 cm³/mol. The van der Waals surface area contributed by atoms with E-state index in [1.165, 1.54) is 37.7 Å². The molecule has 25 heavy (non-hydrogen) atoms. The number of rotatable bonds is 5. The zero-order chi connectivity index (χ0) is 17.5. The number of benzene rings is 1. The van der Waals surface area contributed by atoms with Gasteiger partial charge in [-0.15, -0.1) is 0 Å². The molecule has 2 aromatic rings. The molecule has 1 aromatic carbocycles. The third kappa shape index (κ3) is 5.20. The van der Waals surface area contributed by atoms with Crippen LogP contribution in [0.15, 0.2) is 36.9 Å². The Bertz CT molecular complexity index is 664. The van der Waals surface area contributed by atoms with Gasteiger partial charge in [0.1, 0.15) is 12.7 Å². The number of nitrogens with zero attached hydrogens (tertiary/aromatic N) is 4. The van der Waals surface area contributed by atoms with Gasteiger partial charge in [0.05, 0.1) is 6.54 Å². The third-order valence-corrected chi connectivity index (χ3v) is 4.38. The number of carbonyl (C=O) groups excluding carboxylic acids is 1. The zero-order valence-corrected chi connectivity index (χ0v) is 14.7. The summed E-state index contributed by atoms with van der Waals surface area (Å²) in [5, 5.41) is 9.90. The van der Waals surface area contributed by atoms with E-state index in [0.29, 0.717) is 6.54 Å². The topological polar surface area (TPSA) is 75.1 Å². The van der Waals surface area contributed by atoms with E-state index in [0.717, 1.165) is 18.8 Å². The summed E-state index contributed by atoms with van der Waals surface area (Å²) in [5.41, 5.74) is 1.99. The Morgan fingerprint density at radius 1 is 1.24 bits per heavy atom. The lowest BCUT2D eigenvalue weighted by molar-refractivity contribution is 0.247. The Balaban J connectivity index is 1.54. The van der Waals surface area contributed by atoms with Gasteiger partial charge < -0.3 is 15.5 Å². The van der Waals surface area contributed by atoms with E-state index in [4.69, 9.17) is 0 Å². The summed E-state index contributed by atoms with van der Waals surface area (Å²) in [7, 11) is 0. The van der Waals surface area contributed by atoms with Crippen LogP contribution >= 0.6 is 0 Å². The van der Waals surface area contributed by atoms with Crippen LogP contribution in [-0.4, -0.2) is 39.9 Å². The smallest absolute Gasteiger partial charge is 0.319 e. The molecule has 7 nitrogen and oxygen atoms in total. The first-order chi connectivity index (χ1) is 12.2. The molecule has 1 saturated heterocycles. The van der Waals surface area contributed by atoms with E-state index in [9.17, 15) is 4.79 Å². The molecule has 1 atom stereocenters. The average molecular weight is 342 g/mol. The number of amides is 2. The summed E-state index contributed by atoms with van der Waals surface area (Å²) in [5.74, 6) is 0. The van der Waals surface area contributed by atoms with E-state index < -0.39 is 0 Å². The van der Waals surface area contributed by atoms with Crippen LogP contribution in [0.4, 0.5) is 16.2 Å². The maximum absolute atomic E-state index is 12.2. The quantitative estimate of drug-likeness (QED) is 0.876. The van der Waals surface area contributed by atoms with E-state index >= 15 is 0 Å². The molecule has 0 aliphatic carbocycles. The minimum atomic E-state index is -0.208. The van der Waals surface area contributed by atoms with Gasteiger partial charge in [0, 0.05) is 30.5 Å². The Morgan fingerprint density at radius 3 is 2.76 bits per heavy atom. The van der Waals surface area contributed by atoms with Crippen molar-refractivity contribution in [2.75, 3.05) is 23.3 Å². The maximum Gasteiger partial charge on any atom is 0.319 e. The zero-order valence-electron chi connectivity index (χ0n) is 14.7. The molecule has 1 aliphatic rings. The SMILES string of the molecule is C[C@H](Cn1cncn1)NC(=O)Nc1cccc(N2CCCCCC2)c1. The normalized spacial score (nSPS) is 16.1. The van der Waals surface area contributed by atoms with Crippen molar-refractivity contribution in [3.05, 3.63) is 36.9 Å². The fourth-order valence-corrected chi connectivity index (χ4v) is 3.15. The molecule has 0 saturated carbocycles. The Hall–Kier alpha value is -2.57. The number of hydrogen-bond acceptors (Lipinski definition) is 4. The van der Waals surface area contributed by atoms with Crippen molar-refractivity contribution < 1.29 is 4.79 Å². The molecule has 0 unspecified atom stereocenters. The Labute approximate surface area is 148 Å². The number of hydrogen-bond donors (Lipinski definition) is 2. The molecule has 1 aliphatic heterocycles. The highest BCUT2D eigenvalue weighted by molar-refractivity contribution is 5.90. The van der Waals surface area contributed by atoms with Crippen LogP contribution in [0.2, 0.25) is 0 Å². The molecule has 7 heteroatoms.